The zero-order valence-corrected chi connectivity index (χ0v) is 10.1. The van der Waals surface area contributed by atoms with Gasteiger partial charge in [0.05, 0.1) is 11.1 Å². The molecular formula is C13H9F2N3O2. The molecule has 0 saturated carbocycles. The summed E-state index contributed by atoms with van der Waals surface area (Å²) in [5.41, 5.74) is 4.98. The molecule has 20 heavy (non-hydrogen) atoms. The first-order chi connectivity index (χ1) is 9.47. The molecule has 0 aliphatic heterocycles. The molecular weight excluding hydrogens is 268 g/mol. The largest absolute Gasteiger partial charge is 0.366 e. The average molecular weight is 277 g/mol. The second-order valence-electron chi connectivity index (χ2n) is 3.88. The van der Waals surface area contributed by atoms with Crippen LogP contribution in [0.3, 0.4) is 0 Å². The molecule has 1 aromatic carbocycles. The van der Waals surface area contributed by atoms with Crippen molar-refractivity contribution < 1.29 is 18.4 Å². The standard InChI is InChI=1S/C13H9F2N3O2/c14-10-3-2-8(5-9(10)12(16)19)18-13(20)7-1-4-11(15)17-6-7/h1-6H,(H2,16,19)(H,18,20). The maximum Gasteiger partial charge on any atom is 0.257 e. The number of nitrogens with zero attached hydrogens (tertiary/aromatic N) is 1. The fraction of sp³-hybridized carbons (Fsp3) is 0. The first-order valence-electron chi connectivity index (χ1n) is 5.49. The molecule has 102 valence electrons. The maximum atomic E-state index is 13.3. The molecule has 0 fully saturated rings. The van der Waals surface area contributed by atoms with Crippen molar-refractivity contribution in [2.24, 2.45) is 5.73 Å². The number of hydrogen-bond donors (Lipinski definition) is 2. The van der Waals surface area contributed by atoms with Crippen LogP contribution >= 0.6 is 0 Å². The van der Waals surface area contributed by atoms with E-state index in [9.17, 15) is 18.4 Å². The molecule has 2 rings (SSSR count). The highest BCUT2D eigenvalue weighted by Gasteiger charge is 2.11. The lowest BCUT2D eigenvalue weighted by atomic mass is 10.1. The number of anilines is 1. The van der Waals surface area contributed by atoms with Crippen LogP contribution in [0.1, 0.15) is 20.7 Å². The Hall–Kier alpha value is -2.83. The third kappa shape index (κ3) is 2.94. The first kappa shape index (κ1) is 13.6. The summed E-state index contributed by atoms with van der Waals surface area (Å²) in [5, 5.41) is 2.42. The number of carbonyl (C=O) groups is 2. The molecule has 7 heteroatoms. The van der Waals surface area contributed by atoms with Crippen LogP contribution in [0, 0.1) is 11.8 Å². The van der Waals surface area contributed by atoms with Crippen molar-refractivity contribution >= 4 is 17.5 Å². The fourth-order valence-electron chi connectivity index (χ4n) is 1.51. The lowest BCUT2D eigenvalue weighted by molar-refractivity contribution is 0.0992. The van der Waals surface area contributed by atoms with Gasteiger partial charge in [-0.05, 0) is 30.3 Å². The third-order valence-electron chi connectivity index (χ3n) is 2.48. The minimum Gasteiger partial charge on any atom is -0.366 e. The highest BCUT2D eigenvalue weighted by atomic mass is 19.1. The molecule has 0 unspecified atom stereocenters. The van der Waals surface area contributed by atoms with E-state index >= 15 is 0 Å². The van der Waals surface area contributed by atoms with E-state index in [1.54, 1.807) is 0 Å². The van der Waals surface area contributed by atoms with Crippen LogP contribution < -0.4 is 11.1 Å². The number of primary amides is 1. The van der Waals surface area contributed by atoms with E-state index in [1.807, 2.05) is 0 Å². The van der Waals surface area contributed by atoms with Gasteiger partial charge in [-0.2, -0.15) is 4.39 Å². The van der Waals surface area contributed by atoms with Crippen LogP contribution in [0.15, 0.2) is 36.5 Å². The van der Waals surface area contributed by atoms with Crippen LogP contribution in [0.2, 0.25) is 0 Å². The molecule has 3 N–H and O–H groups in total. The van der Waals surface area contributed by atoms with Gasteiger partial charge >= 0.3 is 0 Å². The van der Waals surface area contributed by atoms with Gasteiger partial charge in [0.2, 0.25) is 5.95 Å². The topological polar surface area (TPSA) is 85.1 Å². The smallest absolute Gasteiger partial charge is 0.257 e. The summed E-state index contributed by atoms with van der Waals surface area (Å²) >= 11 is 0. The first-order valence-corrected chi connectivity index (χ1v) is 5.49. The van der Waals surface area contributed by atoms with Crippen LogP contribution in [0.5, 0.6) is 0 Å². The van der Waals surface area contributed by atoms with E-state index in [1.165, 1.54) is 12.1 Å². The molecule has 1 heterocycles. The zero-order chi connectivity index (χ0) is 14.7. The second kappa shape index (κ2) is 5.43. The van der Waals surface area contributed by atoms with Gasteiger partial charge in [-0.25, -0.2) is 9.37 Å². The van der Waals surface area contributed by atoms with E-state index in [-0.39, 0.29) is 16.8 Å². The Bertz CT molecular complexity index is 672. The Morgan fingerprint density at radius 2 is 1.90 bits per heavy atom. The summed E-state index contributed by atoms with van der Waals surface area (Å²) in [6.45, 7) is 0. The Morgan fingerprint density at radius 1 is 1.15 bits per heavy atom. The minimum absolute atomic E-state index is 0.122. The van der Waals surface area contributed by atoms with E-state index in [0.29, 0.717) is 0 Å². The lowest BCUT2D eigenvalue weighted by Gasteiger charge is -2.06. The SMILES string of the molecule is NC(=O)c1cc(NC(=O)c2ccc(F)nc2)ccc1F. The summed E-state index contributed by atoms with van der Waals surface area (Å²) < 4.78 is 25.9. The summed E-state index contributed by atoms with van der Waals surface area (Å²) in [6.07, 6.45) is 1.06. The zero-order valence-electron chi connectivity index (χ0n) is 10.1. The normalized spacial score (nSPS) is 10.1. The average Bonchev–Trinajstić information content (AvgIpc) is 2.41. The van der Waals surface area contributed by atoms with Crippen molar-refractivity contribution in [2.75, 3.05) is 5.32 Å². The number of amides is 2. The van der Waals surface area contributed by atoms with Crippen LogP contribution in [0.25, 0.3) is 0 Å². The quantitative estimate of drug-likeness (QED) is 0.837. The number of rotatable bonds is 3. The molecule has 2 amide bonds. The van der Waals surface area contributed by atoms with E-state index in [2.05, 4.69) is 10.3 Å². The molecule has 0 bridgehead atoms. The number of carbonyl (C=O) groups excluding carboxylic acids is 2. The van der Waals surface area contributed by atoms with Gasteiger partial charge in [-0.3, -0.25) is 9.59 Å². The number of pyridine rings is 1. The number of aromatic nitrogens is 1. The van der Waals surface area contributed by atoms with Crippen molar-refractivity contribution in [1.82, 2.24) is 4.98 Å². The molecule has 0 atom stereocenters. The lowest BCUT2D eigenvalue weighted by Crippen LogP contribution is -2.16. The highest BCUT2D eigenvalue weighted by molar-refractivity contribution is 6.04. The molecule has 1 aromatic heterocycles. The van der Waals surface area contributed by atoms with Crippen molar-refractivity contribution in [2.45, 2.75) is 0 Å². The van der Waals surface area contributed by atoms with Crippen molar-refractivity contribution in [3.63, 3.8) is 0 Å². The minimum atomic E-state index is -0.943. The summed E-state index contributed by atoms with van der Waals surface area (Å²) in [6, 6.07) is 5.69. The molecule has 0 spiro atoms. The Kier molecular flexibility index (Phi) is 3.69. The third-order valence-corrected chi connectivity index (χ3v) is 2.48. The predicted molar refractivity (Wildman–Crippen MR) is 67.1 cm³/mol. The van der Waals surface area contributed by atoms with Crippen LogP contribution in [-0.2, 0) is 0 Å². The van der Waals surface area contributed by atoms with Gasteiger partial charge in [0.1, 0.15) is 5.82 Å². The van der Waals surface area contributed by atoms with Gasteiger partial charge in [-0.1, -0.05) is 0 Å². The maximum absolute atomic E-state index is 13.3. The van der Waals surface area contributed by atoms with Crippen molar-refractivity contribution in [3.05, 3.63) is 59.4 Å². The fourth-order valence-corrected chi connectivity index (χ4v) is 1.51. The summed E-state index contributed by atoms with van der Waals surface area (Å²) in [4.78, 5) is 26.1. The molecule has 0 aliphatic rings. The number of nitrogens with one attached hydrogen (secondary N) is 1. The predicted octanol–water partition coefficient (Wildman–Crippen LogP) is 1.71. The van der Waals surface area contributed by atoms with E-state index < -0.39 is 23.6 Å². The number of nitrogens with two attached hydrogens (primary N) is 1. The number of halogens is 2. The highest BCUT2D eigenvalue weighted by Crippen LogP contribution is 2.15. The molecule has 5 nitrogen and oxygen atoms in total. The van der Waals surface area contributed by atoms with Crippen LogP contribution in [-0.4, -0.2) is 16.8 Å². The molecule has 0 saturated heterocycles. The van der Waals surface area contributed by atoms with Gasteiger partial charge in [-0.15, -0.1) is 0 Å². The molecule has 0 aliphatic carbocycles. The van der Waals surface area contributed by atoms with E-state index in [0.717, 1.165) is 24.4 Å². The summed E-state index contributed by atoms with van der Waals surface area (Å²) in [7, 11) is 0. The van der Waals surface area contributed by atoms with Gasteiger partial charge < -0.3 is 11.1 Å². The van der Waals surface area contributed by atoms with Gasteiger partial charge in [0.15, 0.2) is 0 Å². The van der Waals surface area contributed by atoms with Gasteiger partial charge in [0, 0.05) is 11.9 Å². The number of benzene rings is 1. The Labute approximate surface area is 112 Å². The van der Waals surface area contributed by atoms with Crippen molar-refractivity contribution in [1.29, 1.82) is 0 Å². The Balaban J connectivity index is 2.21. The van der Waals surface area contributed by atoms with Gasteiger partial charge in [0.25, 0.3) is 11.8 Å². The molecule has 0 radical (unpaired) electrons. The summed E-state index contributed by atoms with van der Waals surface area (Å²) in [5.74, 6) is -3.00. The monoisotopic (exact) mass is 277 g/mol. The second-order valence-corrected chi connectivity index (χ2v) is 3.88. The Morgan fingerprint density at radius 3 is 2.50 bits per heavy atom. The van der Waals surface area contributed by atoms with E-state index in [4.69, 9.17) is 5.73 Å². The van der Waals surface area contributed by atoms with Crippen molar-refractivity contribution in [3.8, 4) is 0 Å². The van der Waals surface area contributed by atoms with Crippen LogP contribution in [0.4, 0.5) is 14.5 Å². The molecule has 2 aromatic rings. The number of hydrogen-bond acceptors (Lipinski definition) is 3.